The molecule has 25 heavy (non-hydrogen) atoms. The first-order chi connectivity index (χ1) is 12.3. The van der Waals surface area contributed by atoms with Gasteiger partial charge in [0.2, 0.25) is 0 Å². The smallest absolute Gasteiger partial charge is 0.124 e. The number of nitrogens with one attached hydrogen (secondary N) is 2. The standard InChI is InChI=1S/C19H28N6/c1-15-10-19-22-12-16(13-25(19)23-15)11-21-17-5-8-24(9-6-17)14-18-4-2-3-7-20-18/h2-4,7,10,16-17,21-22H,5-6,8-9,11-14H2,1H3/t16-/m1/s1. The predicted molar refractivity (Wildman–Crippen MR) is 99.5 cm³/mol. The molecule has 0 aromatic carbocycles. The van der Waals surface area contributed by atoms with Crippen LogP contribution in [0.5, 0.6) is 0 Å². The Morgan fingerprint density at radius 3 is 2.96 bits per heavy atom. The summed E-state index contributed by atoms with van der Waals surface area (Å²) >= 11 is 0. The molecular weight excluding hydrogens is 312 g/mol. The summed E-state index contributed by atoms with van der Waals surface area (Å²) in [6.45, 7) is 8.45. The van der Waals surface area contributed by atoms with Gasteiger partial charge in [-0.2, -0.15) is 5.10 Å². The van der Waals surface area contributed by atoms with Crippen molar-refractivity contribution in [2.75, 3.05) is 31.5 Å². The number of nitrogens with zero attached hydrogens (tertiary/aromatic N) is 4. The fraction of sp³-hybridized carbons (Fsp3) is 0.579. The summed E-state index contributed by atoms with van der Waals surface area (Å²) in [4.78, 5) is 6.95. The van der Waals surface area contributed by atoms with Gasteiger partial charge >= 0.3 is 0 Å². The van der Waals surface area contributed by atoms with Crippen molar-refractivity contribution < 1.29 is 0 Å². The lowest BCUT2D eigenvalue weighted by Gasteiger charge is -2.33. The molecule has 2 aliphatic rings. The molecule has 0 aliphatic carbocycles. The Balaban J connectivity index is 1.19. The fourth-order valence-corrected chi connectivity index (χ4v) is 3.87. The number of aryl methyl sites for hydroxylation is 1. The quantitative estimate of drug-likeness (QED) is 0.870. The number of aromatic nitrogens is 3. The summed E-state index contributed by atoms with van der Waals surface area (Å²) in [5.74, 6) is 1.77. The number of fused-ring (bicyclic) bond motifs is 1. The molecule has 1 fully saturated rings. The molecule has 2 aromatic heterocycles. The first kappa shape index (κ1) is 16.5. The van der Waals surface area contributed by atoms with Gasteiger partial charge in [0.1, 0.15) is 5.82 Å². The van der Waals surface area contributed by atoms with Crippen LogP contribution in [-0.2, 0) is 13.1 Å². The Labute approximate surface area is 149 Å². The van der Waals surface area contributed by atoms with Gasteiger partial charge in [-0.05, 0) is 31.9 Å². The van der Waals surface area contributed by atoms with Crippen molar-refractivity contribution in [2.24, 2.45) is 5.92 Å². The summed E-state index contributed by atoms with van der Waals surface area (Å²) in [7, 11) is 0. The minimum atomic E-state index is 0.610. The van der Waals surface area contributed by atoms with Crippen molar-refractivity contribution >= 4 is 5.82 Å². The van der Waals surface area contributed by atoms with Crippen LogP contribution < -0.4 is 10.6 Å². The van der Waals surface area contributed by atoms with E-state index < -0.39 is 0 Å². The molecule has 134 valence electrons. The van der Waals surface area contributed by atoms with Crippen LogP contribution >= 0.6 is 0 Å². The topological polar surface area (TPSA) is 58.0 Å². The molecule has 1 saturated heterocycles. The summed E-state index contributed by atoms with van der Waals surface area (Å²) in [5.41, 5.74) is 2.27. The van der Waals surface area contributed by atoms with Crippen LogP contribution in [0.4, 0.5) is 5.82 Å². The summed E-state index contributed by atoms with van der Waals surface area (Å²) < 4.78 is 2.11. The Bertz CT molecular complexity index is 674. The molecule has 4 rings (SSSR count). The SMILES string of the molecule is Cc1cc2n(n1)C[C@H](CNC1CCN(Cc3ccccn3)CC1)CN2. The molecule has 0 saturated carbocycles. The Kier molecular flexibility index (Phi) is 4.99. The lowest BCUT2D eigenvalue weighted by atomic mass is 10.0. The molecule has 2 N–H and O–H groups in total. The van der Waals surface area contributed by atoms with Crippen molar-refractivity contribution in [2.45, 2.75) is 38.9 Å². The lowest BCUT2D eigenvalue weighted by Crippen LogP contribution is -2.45. The van der Waals surface area contributed by atoms with Gasteiger partial charge in [-0.3, -0.25) is 9.88 Å². The molecule has 0 bridgehead atoms. The van der Waals surface area contributed by atoms with Crippen LogP contribution in [0.1, 0.15) is 24.2 Å². The zero-order valence-electron chi connectivity index (χ0n) is 15.0. The second-order valence-electron chi connectivity index (χ2n) is 7.38. The van der Waals surface area contributed by atoms with E-state index in [4.69, 9.17) is 0 Å². The normalized spacial score (nSPS) is 21.7. The number of likely N-dealkylation sites (tertiary alicyclic amines) is 1. The van der Waals surface area contributed by atoms with Crippen LogP contribution in [0, 0.1) is 12.8 Å². The van der Waals surface area contributed by atoms with Gasteiger partial charge in [0, 0.05) is 63.5 Å². The van der Waals surface area contributed by atoms with Crippen LogP contribution in [0.15, 0.2) is 30.5 Å². The number of hydrogen-bond acceptors (Lipinski definition) is 5. The maximum absolute atomic E-state index is 4.56. The van der Waals surface area contributed by atoms with E-state index in [0.717, 1.165) is 50.8 Å². The number of piperidine rings is 1. The van der Waals surface area contributed by atoms with E-state index in [0.29, 0.717) is 12.0 Å². The van der Waals surface area contributed by atoms with Gasteiger partial charge in [-0.15, -0.1) is 0 Å². The number of hydrogen-bond donors (Lipinski definition) is 2. The zero-order valence-corrected chi connectivity index (χ0v) is 15.0. The van der Waals surface area contributed by atoms with E-state index in [1.807, 2.05) is 12.3 Å². The van der Waals surface area contributed by atoms with Gasteiger partial charge in [-0.1, -0.05) is 6.07 Å². The van der Waals surface area contributed by atoms with Crippen molar-refractivity contribution in [1.82, 2.24) is 25.0 Å². The monoisotopic (exact) mass is 340 g/mol. The molecule has 4 heterocycles. The van der Waals surface area contributed by atoms with Crippen molar-refractivity contribution in [1.29, 1.82) is 0 Å². The molecule has 0 amide bonds. The van der Waals surface area contributed by atoms with E-state index in [2.05, 4.69) is 55.4 Å². The first-order valence-electron chi connectivity index (χ1n) is 9.40. The molecule has 2 aliphatic heterocycles. The third kappa shape index (κ3) is 4.19. The fourth-order valence-electron chi connectivity index (χ4n) is 3.87. The predicted octanol–water partition coefficient (Wildman–Crippen LogP) is 1.88. The molecule has 0 radical (unpaired) electrons. The highest BCUT2D eigenvalue weighted by atomic mass is 15.3. The van der Waals surface area contributed by atoms with Crippen molar-refractivity contribution in [3.63, 3.8) is 0 Å². The highest BCUT2D eigenvalue weighted by Gasteiger charge is 2.23. The highest BCUT2D eigenvalue weighted by Crippen LogP contribution is 2.19. The third-order valence-corrected chi connectivity index (χ3v) is 5.30. The molecule has 0 unspecified atom stereocenters. The van der Waals surface area contributed by atoms with E-state index in [1.165, 1.54) is 18.5 Å². The Hall–Kier alpha value is -1.92. The average Bonchev–Trinajstić information content (AvgIpc) is 3.01. The average molecular weight is 340 g/mol. The number of pyridine rings is 1. The molecule has 6 heteroatoms. The van der Waals surface area contributed by atoms with Crippen LogP contribution in [0.25, 0.3) is 0 Å². The molecule has 1 atom stereocenters. The van der Waals surface area contributed by atoms with E-state index >= 15 is 0 Å². The number of rotatable bonds is 5. The maximum atomic E-state index is 4.56. The largest absolute Gasteiger partial charge is 0.370 e. The summed E-state index contributed by atoms with van der Waals surface area (Å²) in [6, 6.07) is 8.93. The van der Waals surface area contributed by atoms with Crippen molar-refractivity contribution in [3.05, 3.63) is 41.9 Å². The van der Waals surface area contributed by atoms with Gasteiger partial charge in [0.15, 0.2) is 0 Å². The summed E-state index contributed by atoms with van der Waals surface area (Å²) in [5, 5.41) is 11.9. The molecule has 6 nitrogen and oxygen atoms in total. The maximum Gasteiger partial charge on any atom is 0.124 e. The molecular formula is C19H28N6. The Morgan fingerprint density at radius 2 is 2.16 bits per heavy atom. The van der Waals surface area contributed by atoms with E-state index in [-0.39, 0.29) is 0 Å². The zero-order chi connectivity index (χ0) is 17.1. The lowest BCUT2D eigenvalue weighted by molar-refractivity contribution is 0.185. The van der Waals surface area contributed by atoms with Gasteiger partial charge < -0.3 is 10.6 Å². The van der Waals surface area contributed by atoms with Crippen LogP contribution in [0.3, 0.4) is 0 Å². The first-order valence-corrected chi connectivity index (χ1v) is 9.40. The van der Waals surface area contributed by atoms with Crippen molar-refractivity contribution in [3.8, 4) is 0 Å². The third-order valence-electron chi connectivity index (χ3n) is 5.30. The van der Waals surface area contributed by atoms with Gasteiger partial charge in [-0.25, -0.2) is 4.68 Å². The molecule has 2 aromatic rings. The molecule has 0 spiro atoms. The van der Waals surface area contributed by atoms with Gasteiger partial charge in [0.05, 0.1) is 11.4 Å². The van der Waals surface area contributed by atoms with Gasteiger partial charge in [0.25, 0.3) is 0 Å². The Morgan fingerprint density at radius 1 is 1.28 bits per heavy atom. The van der Waals surface area contributed by atoms with Crippen LogP contribution in [0.2, 0.25) is 0 Å². The second-order valence-corrected chi connectivity index (χ2v) is 7.38. The minimum absolute atomic E-state index is 0.610. The number of anilines is 1. The highest BCUT2D eigenvalue weighted by molar-refractivity contribution is 5.38. The van der Waals surface area contributed by atoms with Crippen LogP contribution in [-0.4, -0.2) is 51.9 Å². The summed E-state index contributed by atoms with van der Waals surface area (Å²) in [6.07, 6.45) is 4.33. The minimum Gasteiger partial charge on any atom is -0.370 e. The van der Waals surface area contributed by atoms with E-state index in [9.17, 15) is 0 Å². The van der Waals surface area contributed by atoms with E-state index in [1.54, 1.807) is 0 Å². The second kappa shape index (κ2) is 7.54.